The van der Waals surface area contributed by atoms with Gasteiger partial charge in [0.25, 0.3) is 0 Å². The molecule has 5 nitrogen and oxygen atoms in total. The van der Waals surface area contributed by atoms with E-state index >= 15 is 0 Å². The number of likely N-dealkylation sites (N-methyl/N-ethyl adjacent to an activating group) is 1. The molecule has 1 unspecified atom stereocenters. The fourth-order valence-electron chi connectivity index (χ4n) is 2.56. The van der Waals surface area contributed by atoms with Crippen LogP contribution >= 0.6 is 0 Å². The van der Waals surface area contributed by atoms with Gasteiger partial charge in [0.05, 0.1) is 27.8 Å². The first kappa shape index (κ1) is 19.1. The molecule has 5 heteroatoms. The number of benzene rings is 1. The second kappa shape index (κ2) is 8.65. The van der Waals surface area contributed by atoms with Crippen molar-refractivity contribution in [1.29, 1.82) is 0 Å². The average molecular weight is 323 g/mol. The average Bonchev–Trinajstić information content (AvgIpc) is 2.54. The normalized spacial score (nSPS) is 12.0. The van der Waals surface area contributed by atoms with Crippen molar-refractivity contribution in [3.63, 3.8) is 0 Å². The van der Waals surface area contributed by atoms with Crippen molar-refractivity contribution in [3.8, 4) is 17.2 Å². The summed E-state index contributed by atoms with van der Waals surface area (Å²) in [7, 11) is 4.71. The van der Waals surface area contributed by atoms with Crippen LogP contribution in [-0.4, -0.2) is 44.7 Å². The van der Waals surface area contributed by atoms with Gasteiger partial charge >= 0.3 is 0 Å². The molecule has 0 radical (unpaired) electrons. The Hall–Kier alpha value is -1.91. The smallest absolute Gasteiger partial charge is 0.227 e. The Balaban J connectivity index is 3.06. The summed E-state index contributed by atoms with van der Waals surface area (Å²) in [5.74, 6) is 2.18. The van der Waals surface area contributed by atoms with Gasteiger partial charge in [0.1, 0.15) is 0 Å². The molecule has 0 spiro atoms. The molecule has 1 aromatic rings. The van der Waals surface area contributed by atoms with Crippen LogP contribution in [0, 0.1) is 5.92 Å². The number of hydrogen-bond acceptors (Lipinski definition) is 4. The number of ether oxygens (including phenoxy) is 3. The third-order valence-corrected chi connectivity index (χ3v) is 4.20. The van der Waals surface area contributed by atoms with Crippen LogP contribution in [-0.2, 0) is 11.2 Å². The predicted octanol–water partition coefficient (Wildman–Crippen LogP) is 3.15. The first-order valence-corrected chi connectivity index (χ1v) is 7.97. The molecule has 0 aliphatic carbocycles. The lowest BCUT2D eigenvalue weighted by Gasteiger charge is -2.31. The van der Waals surface area contributed by atoms with Gasteiger partial charge in [-0.2, -0.15) is 0 Å². The van der Waals surface area contributed by atoms with E-state index in [1.165, 1.54) is 0 Å². The highest BCUT2D eigenvalue weighted by molar-refractivity contribution is 5.79. The van der Waals surface area contributed by atoms with E-state index in [0.717, 1.165) is 5.56 Å². The molecule has 23 heavy (non-hydrogen) atoms. The topological polar surface area (TPSA) is 48.0 Å². The van der Waals surface area contributed by atoms with Crippen molar-refractivity contribution in [2.75, 3.05) is 27.9 Å². The highest BCUT2D eigenvalue weighted by atomic mass is 16.5. The second-order valence-corrected chi connectivity index (χ2v) is 5.87. The molecule has 0 saturated heterocycles. The molecule has 1 rings (SSSR count). The molecule has 1 atom stereocenters. The highest BCUT2D eigenvalue weighted by Gasteiger charge is 2.22. The number of methoxy groups -OCH3 is 3. The standard InChI is InChI=1S/C18H29NO4/c1-8-19(13(4)12(2)3)17(20)11-14-9-15(21-5)18(23-7)16(10-14)22-6/h9-10,12-13H,8,11H2,1-7H3. The number of carbonyl (C=O) groups excluding carboxylic acids is 1. The lowest BCUT2D eigenvalue weighted by atomic mass is 10.0. The van der Waals surface area contributed by atoms with Crippen LogP contribution < -0.4 is 14.2 Å². The van der Waals surface area contributed by atoms with E-state index < -0.39 is 0 Å². The summed E-state index contributed by atoms with van der Waals surface area (Å²) in [6.45, 7) is 9.04. The molecule has 1 aromatic carbocycles. The number of nitrogens with zero attached hydrogens (tertiary/aromatic N) is 1. The molecule has 130 valence electrons. The summed E-state index contributed by atoms with van der Waals surface area (Å²) in [6, 6.07) is 3.86. The Labute approximate surface area is 139 Å². The van der Waals surface area contributed by atoms with Crippen LogP contribution in [0.4, 0.5) is 0 Å². The predicted molar refractivity (Wildman–Crippen MR) is 91.5 cm³/mol. The van der Waals surface area contributed by atoms with E-state index in [1.54, 1.807) is 21.3 Å². The zero-order chi connectivity index (χ0) is 17.6. The second-order valence-electron chi connectivity index (χ2n) is 5.87. The van der Waals surface area contributed by atoms with Crippen molar-refractivity contribution in [3.05, 3.63) is 17.7 Å². The van der Waals surface area contributed by atoms with Gasteiger partial charge in [0, 0.05) is 12.6 Å². The van der Waals surface area contributed by atoms with Crippen LogP contribution in [0.2, 0.25) is 0 Å². The van der Waals surface area contributed by atoms with E-state index in [-0.39, 0.29) is 11.9 Å². The molecule has 0 aromatic heterocycles. The summed E-state index contributed by atoms with van der Waals surface area (Å²) in [5.41, 5.74) is 0.846. The molecule has 0 saturated carbocycles. The van der Waals surface area contributed by atoms with Crippen LogP contribution in [0.5, 0.6) is 17.2 Å². The minimum absolute atomic E-state index is 0.1000. The monoisotopic (exact) mass is 323 g/mol. The SMILES string of the molecule is CCN(C(=O)Cc1cc(OC)c(OC)c(OC)c1)C(C)C(C)C. The molecule has 0 aliphatic heterocycles. The van der Waals surface area contributed by atoms with E-state index in [4.69, 9.17) is 14.2 Å². The highest BCUT2D eigenvalue weighted by Crippen LogP contribution is 2.38. The molecular weight excluding hydrogens is 294 g/mol. The van der Waals surface area contributed by atoms with Gasteiger partial charge in [0.15, 0.2) is 11.5 Å². The summed E-state index contributed by atoms with van der Waals surface area (Å²) < 4.78 is 16.0. The van der Waals surface area contributed by atoms with Crippen LogP contribution in [0.25, 0.3) is 0 Å². The summed E-state index contributed by atoms with van der Waals surface area (Å²) in [4.78, 5) is 14.6. The lowest BCUT2D eigenvalue weighted by molar-refractivity contribution is -0.133. The van der Waals surface area contributed by atoms with Crippen molar-refractivity contribution in [2.45, 2.75) is 40.2 Å². The molecule has 0 fully saturated rings. The third kappa shape index (κ3) is 4.53. The minimum atomic E-state index is 0.1000. The van der Waals surface area contributed by atoms with Gasteiger partial charge in [-0.15, -0.1) is 0 Å². The summed E-state index contributed by atoms with van der Waals surface area (Å²) >= 11 is 0. The van der Waals surface area contributed by atoms with Gasteiger partial charge in [-0.3, -0.25) is 4.79 Å². The first-order valence-electron chi connectivity index (χ1n) is 7.97. The zero-order valence-corrected chi connectivity index (χ0v) is 15.3. The van der Waals surface area contributed by atoms with E-state index in [9.17, 15) is 4.79 Å². The fraction of sp³-hybridized carbons (Fsp3) is 0.611. The van der Waals surface area contributed by atoms with E-state index in [1.807, 2.05) is 24.0 Å². The molecule has 1 amide bonds. The van der Waals surface area contributed by atoms with Gasteiger partial charge in [-0.25, -0.2) is 0 Å². The number of hydrogen-bond donors (Lipinski definition) is 0. The Morgan fingerprint density at radius 1 is 1.04 bits per heavy atom. The molecular formula is C18H29NO4. The molecule has 0 aliphatic rings. The van der Waals surface area contributed by atoms with Crippen molar-refractivity contribution in [1.82, 2.24) is 4.90 Å². The minimum Gasteiger partial charge on any atom is -0.493 e. The Kier molecular flexibility index (Phi) is 7.20. The maximum atomic E-state index is 12.7. The van der Waals surface area contributed by atoms with Gasteiger partial charge in [-0.05, 0) is 37.5 Å². The van der Waals surface area contributed by atoms with Crippen molar-refractivity contribution < 1.29 is 19.0 Å². The summed E-state index contributed by atoms with van der Waals surface area (Å²) in [6.07, 6.45) is 0.307. The fourth-order valence-corrected chi connectivity index (χ4v) is 2.56. The van der Waals surface area contributed by atoms with Gasteiger partial charge < -0.3 is 19.1 Å². The lowest BCUT2D eigenvalue weighted by Crippen LogP contribution is -2.42. The van der Waals surface area contributed by atoms with Crippen LogP contribution in [0.15, 0.2) is 12.1 Å². The molecule has 0 N–H and O–H groups in total. The maximum absolute atomic E-state index is 12.7. The maximum Gasteiger partial charge on any atom is 0.227 e. The summed E-state index contributed by atoms with van der Waals surface area (Å²) in [5, 5.41) is 0. The van der Waals surface area contributed by atoms with Crippen LogP contribution in [0.1, 0.15) is 33.3 Å². The zero-order valence-electron chi connectivity index (χ0n) is 15.3. The number of amides is 1. The van der Waals surface area contributed by atoms with Crippen molar-refractivity contribution >= 4 is 5.91 Å². The third-order valence-electron chi connectivity index (χ3n) is 4.20. The first-order chi connectivity index (χ1) is 10.9. The van der Waals surface area contributed by atoms with Gasteiger partial charge in [0.2, 0.25) is 11.7 Å². The van der Waals surface area contributed by atoms with Crippen LogP contribution in [0.3, 0.4) is 0 Å². The van der Waals surface area contributed by atoms with E-state index in [2.05, 4.69) is 20.8 Å². The quantitative estimate of drug-likeness (QED) is 0.737. The Morgan fingerprint density at radius 2 is 1.57 bits per heavy atom. The van der Waals surface area contributed by atoms with Gasteiger partial charge in [-0.1, -0.05) is 13.8 Å². The number of carbonyl (C=O) groups is 1. The van der Waals surface area contributed by atoms with Crippen molar-refractivity contribution in [2.24, 2.45) is 5.92 Å². The molecule has 0 heterocycles. The molecule has 0 bridgehead atoms. The largest absolute Gasteiger partial charge is 0.493 e. The van der Waals surface area contributed by atoms with E-state index in [0.29, 0.717) is 36.1 Å². The Bertz CT molecular complexity index is 503. The Morgan fingerprint density at radius 3 is 1.91 bits per heavy atom. The number of rotatable bonds is 8.